The van der Waals surface area contributed by atoms with Crippen LogP contribution in [0.1, 0.15) is 48.4 Å². The Hall–Kier alpha value is -3.16. The van der Waals surface area contributed by atoms with Crippen molar-refractivity contribution < 1.29 is 19.8 Å². The summed E-state index contributed by atoms with van der Waals surface area (Å²) in [7, 11) is 1.67. The van der Waals surface area contributed by atoms with Gasteiger partial charge in [-0.05, 0) is 64.1 Å². The Morgan fingerprint density at radius 2 is 1.07 bits per heavy atom. The fraction of sp³-hybridized carbons (Fsp3) is 0.304. The van der Waals surface area contributed by atoms with Crippen molar-refractivity contribution in [2.45, 2.75) is 38.9 Å². The zero-order valence-corrected chi connectivity index (χ0v) is 17.4. The molecule has 2 aromatic carbocycles. The zero-order valence-electron chi connectivity index (χ0n) is 17.4. The molecular weight excluding hydrogens is 386 g/mol. The number of aliphatic hydroxyl groups is 2. The molecule has 156 valence electrons. The predicted molar refractivity (Wildman–Crippen MR) is 114 cm³/mol. The Labute approximate surface area is 172 Å². The minimum absolute atomic E-state index is 0.0316. The molecule has 0 aliphatic carbocycles. The number of carbonyl (C=O) groups excluding carboxylic acids is 2. The average molecular weight is 409 g/mol. The first-order chi connectivity index (χ1) is 13.7. The highest BCUT2D eigenvalue weighted by molar-refractivity contribution is 6.06. The van der Waals surface area contributed by atoms with Crippen LogP contribution in [0, 0.1) is 0 Å². The van der Waals surface area contributed by atoms with E-state index in [0.717, 1.165) is 0 Å². The van der Waals surface area contributed by atoms with Crippen LogP contribution < -0.4 is 10.9 Å². The Bertz CT molecular complexity index is 1230. The Balaban J connectivity index is 2.42. The lowest BCUT2D eigenvalue weighted by atomic mass is 9.95. The summed E-state index contributed by atoms with van der Waals surface area (Å²) < 4.78 is 1.63. The van der Waals surface area contributed by atoms with Gasteiger partial charge in [-0.2, -0.15) is 0 Å². The molecule has 0 amide bonds. The van der Waals surface area contributed by atoms with Gasteiger partial charge in [0.2, 0.25) is 10.9 Å². The van der Waals surface area contributed by atoms with E-state index < -0.39 is 33.6 Å². The highest BCUT2D eigenvalue weighted by Gasteiger charge is 2.27. The van der Waals surface area contributed by atoms with Gasteiger partial charge in [-0.3, -0.25) is 19.2 Å². The summed E-state index contributed by atoms with van der Waals surface area (Å²) in [6.45, 7) is 5.38. The van der Waals surface area contributed by atoms with E-state index in [9.17, 15) is 29.4 Å². The highest BCUT2D eigenvalue weighted by atomic mass is 16.3. The van der Waals surface area contributed by atoms with Crippen molar-refractivity contribution in [1.82, 2.24) is 4.57 Å². The van der Waals surface area contributed by atoms with Crippen LogP contribution in [0.5, 0.6) is 0 Å². The predicted octanol–water partition coefficient (Wildman–Crippen LogP) is 1.96. The number of hydrogen-bond donors (Lipinski definition) is 2. The van der Waals surface area contributed by atoms with E-state index in [1.807, 2.05) is 0 Å². The SMILES string of the molecule is Cn1c2ccc(C(=O)C(C)(C)O)cc2c(=O)c(=O)c2cc(C(=O)C(C)(C)O)ccc21. The van der Waals surface area contributed by atoms with Crippen LogP contribution in [0.25, 0.3) is 21.8 Å². The summed E-state index contributed by atoms with van der Waals surface area (Å²) in [6.07, 6.45) is 0. The summed E-state index contributed by atoms with van der Waals surface area (Å²) in [5.41, 5.74) is -3.86. The Kier molecular flexibility index (Phi) is 5.00. The van der Waals surface area contributed by atoms with Gasteiger partial charge in [0, 0.05) is 18.2 Å². The van der Waals surface area contributed by atoms with Crippen molar-refractivity contribution in [3.05, 3.63) is 68.0 Å². The highest BCUT2D eigenvalue weighted by Crippen LogP contribution is 2.21. The summed E-state index contributed by atoms with van der Waals surface area (Å²) in [5.74, 6) is -1.15. The first-order valence-electron chi connectivity index (χ1n) is 9.38. The van der Waals surface area contributed by atoms with E-state index in [0.29, 0.717) is 11.0 Å². The normalized spacial score (nSPS) is 12.4. The molecule has 1 heterocycles. The van der Waals surface area contributed by atoms with Crippen LogP contribution in [0.3, 0.4) is 0 Å². The monoisotopic (exact) mass is 409 g/mol. The van der Waals surface area contributed by atoms with Crippen molar-refractivity contribution in [2.75, 3.05) is 0 Å². The third-order valence-electron chi connectivity index (χ3n) is 5.05. The molecule has 3 rings (SSSR count). The van der Waals surface area contributed by atoms with Crippen LogP contribution in [-0.4, -0.2) is 37.5 Å². The van der Waals surface area contributed by atoms with E-state index in [2.05, 4.69) is 0 Å². The number of aromatic nitrogens is 1. The molecule has 0 atom stereocenters. The molecule has 30 heavy (non-hydrogen) atoms. The molecule has 3 aromatic rings. The smallest absolute Gasteiger partial charge is 0.235 e. The molecule has 7 heteroatoms. The molecule has 0 unspecified atom stereocenters. The molecule has 0 radical (unpaired) electrons. The first-order valence-corrected chi connectivity index (χ1v) is 9.38. The van der Waals surface area contributed by atoms with E-state index >= 15 is 0 Å². The number of ketones is 2. The van der Waals surface area contributed by atoms with Gasteiger partial charge < -0.3 is 14.8 Å². The van der Waals surface area contributed by atoms with Gasteiger partial charge in [-0.25, -0.2) is 0 Å². The van der Waals surface area contributed by atoms with E-state index in [4.69, 9.17) is 0 Å². The summed E-state index contributed by atoms with van der Waals surface area (Å²) in [6, 6.07) is 8.69. The van der Waals surface area contributed by atoms with Crippen LogP contribution in [0.15, 0.2) is 46.0 Å². The second-order valence-corrected chi connectivity index (χ2v) is 8.46. The molecule has 0 spiro atoms. The third kappa shape index (κ3) is 3.58. The number of Topliss-reactive ketones (excluding diaryl/α,β-unsaturated/α-hetero) is 2. The zero-order chi connectivity index (χ0) is 22.6. The molecule has 1 aromatic heterocycles. The van der Waals surface area contributed by atoms with Crippen molar-refractivity contribution in [1.29, 1.82) is 0 Å². The largest absolute Gasteiger partial charge is 0.382 e. The van der Waals surface area contributed by atoms with Gasteiger partial charge in [-0.15, -0.1) is 0 Å². The molecule has 7 nitrogen and oxygen atoms in total. The molecule has 0 aliphatic heterocycles. The number of hydrogen-bond acceptors (Lipinski definition) is 6. The number of rotatable bonds is 4. The van der Waals surface area contributed by atoms with Crippen molar-refractivity contribution in [3.63, 3.8) is 0 Å². The third-order valence-corrected chi connectivity index (χ3v) is 5.05. The van der Waals surface area contributed by atoms with Crippen LogP contribution in [-0.2, 0) is 7.05 Å². The van der Waals surface area contributed by atoms with E-state index in [1.165, 1.54) is 52.0 Å². The van der Waals surface area contributed by atoms with Crippen LogP contribution >= 0.6 is 0 Å². The fourth-order valence-electron chi connectivity index (χ4n) is 3.38. The maximum Gasteiger partial charge on any atom is 0.235 e. The van der Waals surface area contributed by atoms with Gasteiger partial charge in [-0.1, -0.05) is 0 Å². The van der Waals surface area contributed by atoms with E-state index in [-0.39, 0.29) is 21.9 Å². The number of nitrogens with zero attached hydrogens (tertiary/aromatic N) is 1. The van der Waals surface area contributed by atoms with Crippen LogP contribution in [0.4, 0.5) is 0 Å². The maximum atomic E-state index is 13.0. The summed E-state index contributed by atoms with van der Waals surface area (Å²) in [4.78, 5) is 50.8. The van der Waals surface area contributed by atoms with Gasteiger partial charge in [0.25, 0.3) is 0 Å². The summed E-state index contributed by atoms with van der Waals surface area (Å²) >= 11 is 0. The minimum atomic E-state index is -1.63. The lowest BCUT2D eigenvalue weighted by Gasteiger charge is -2.16. The topological polar surface area (TPSA) is 114 Å². The Morgan fingerprint density at radius 1 is 0.733 bits per heavy atom. The van der Waals surface area contributed by atoms with Gasteiger partial charge in [0.1, 0.15) is 11.2 Å². The standard InChI is InChI=1S/C23H23NO6/c1-22(2,29)20(27)12-6-8-16-14(10-12)18(25)19(26)15-11-13(21(28)23(3,4)30)7-9-17(15)24(16)5/h6-11,29-30H,1-5H3. The second kappa shape index (κ2) is 6.97. The number of carbonyl (C=O) groups is 2. The lowest BCUT2D eigenvalue weighted by Crippen LogP contribution is -2.31. The average Bonchev–Trinajstić information content (AvgIpc) is 2.75. The minimum Gasteiger partial charge on any atom is -0.382 e. The molecule has 0 saturated carbocycles. The Morgan fingerprint density at radius 3 is 1.37 bits per heavy atom. The van der Waals surface area contributed by atoms with Crippen LogP contribution in [0.2, 0.25) is 0 Å². The quantitative estimate of drug-likeness (QED) is 0.503. The number of fused-ring (bicyclic) bond motifs is 2. The second-order valence-electron chi connectivity index (χ2n) is 8.46. The molecule has 0 saturated heterocycles. The van der Waals surface area contributed by atoms with Crippen molar-refractivity contribution in [3.8, 4) is 0 Å². The summed E-state index contributed by atoms with van der Waals surface area (Å²) in [5, 5.41) is 20.1. The number of aryl methyl sites for hydroxylation is 1. The number of benzene rings is 2. The lowest BCUT2D eigenvalue weighted by molar-refractivity contribution is 0.0487. The maximum absolute atomic E-state index is 13.0. The molecule has 0 fully saturated rings. The van der Waals surface area contributed by atoms with Crippen molar-refractivity contribution in [2.24, 2.45) is 7.05 Å². The molecular formula is C23H23NO6. The first kappa shape index (κ1) is 21.5. The van der Waals surface area contributed by atoms with Crippen molar-refractivity contribution >= 4 is 33.4 Å². The molecule has 2 N–H and O–H groups in total. The van der Waals surface area contributed by atoms with Gasteiger partial charge >= 0.3 is 0 Å². The van der Waals surface area contributed by atoms with Gasteiger partial charge in [0.15, 0.2) is 11.6 Å². The fourth-order valence-corrected chi connectivity index (χ4v) is 3.38. The molecule has 0 aliphatic rings. The van der Waals surface area contributed by atoms with Gasteiger partial charge in [0.05, 0.1) is 21.8 Å². The molecule has 0 bridgehead atoms. The van der Waals surface area contributed by atoms with E-state index in [1.54, 1.807) is 23.7 Å².